The van der Waals surface area contributed by atoms with Gasteiger partial charge in [-0.25, -0.2) is 0 Å². The van der Waals surface area contributed by atoms with Crippen molar-refractivity contribution in [2.24, 2.45) is 5.92 Å². The van der Waals surface area contributed by atoms with Gasteiger partial charge in [0.2, 0.25) is 5.91 Å². The van der Waals surface area contributed by atoms with Crippen LogP contribution in [0.4, 0.5) is 0 Å². The maximum Gasteiger partial charge on any atom is 0.242 e. The summed E-state index contributed by atoms with van der Waals surface area (Å²) < 4.78 is 5.15. The van der Waals surface area contributed by atoms with Crippen molar-refractivity contribution in [2.45, 2.75) is 32.2 Å². The van der Waals surface area contributed by atoms with Gasteiger partial charge in [-0.2, -0.15) is 0 Å². The summed E-state index contributed by atoms with van der Waals surface area (Å²) in [7, 11) is 3.57. The Bertz CT molecular complexity index is 233. The van der Waals surface area contributed by atoms with Gasteiger partial charge in [-0.05, 0) is 39.7 Å². The predicted molar refractivity (Wildman–Crippen MR) is 64.3 cm³/mol. The summed E-state index contributed by atoms with van der Waals surface area (Å²) in [5, 5.41) is 3.06. The van der Waals surface area contributed by atoms with Crippen molar-refractivity contribution < 1.29 is 9.53 Å². The fraction of sp³-hybridized carbons (Fsp3) is 0.917. The van der Waals surface area contributed by atoms with Gasteiger partial charge in [-0.3, -0.25) is 4.79 Å². The third kappa shape index (κ3) is 3.19. The minimum Gasteiger partial charge on any atom is -0.384 e. The first-order valence-electron chi connectivity index (χ1n) is 5.98. The Morgan fingerprint density at radius 1 is 1.44 bits per heavy atom. The smallest absolute Gasteiger partial charge is 0.242 e. The normalized spacial score (nSPS) is 18.9. The van der Waals surface area contributed by atoms with Gasteiger partial charge in [0.05, 0.1) is 5.54 Å². The van der Waals surface area contributed by atoms with Crippen molar-refractivity contribution in [2.75, 3.05) is 33.9 Å². The number of methoxy groups -OCH3 is 1. The van der Waals surface area contributed by atoms with E-state index in [9.17, 15) is 4.79 Å². The Labute approximate surface area is 98.3 Å². The van der Waals surface area contributed by atoms with Crippen LogP contribution in [0.1, 0.15) is 26.7 Å². The van der Waals surface area contributed by atoms with Gasteiger partial charge in [0.15, 0.2) is 0 Å². The Morgan fingerprint density at radius 2 is 2.00 bits per heavy atom. The number of piperidine rings is 1. The largest absolute Gasteiger partial charge is 0.384 e. The molecule has 0 aromatic rings. The van der Waals surface area contributed by atoms with E-state index in [2.05, 4.69) is 5.32 Å². The molecule has 0 bridgehead atoms. The van der Waals surface area contributed by atoms with E-state index in [1.807, 2.05) is 25.8 Å². The molecule has 1 fully saturated rings. The molecule has 4 nitrogen and oxygen atoms in total. The molecule has 0 spiro atoms. The van der Waals surface area contributed by atoms with E-state index in [1.54, 1.807) is 7.11 Å². The van der Waals surface area contributed by atoms with Crippen LogP contribution in [0.15, 0.2) is 0 Å². The second-order valence-electron chi connectivity index (χ2n) is 5.07. The van der Waals surface area contributed by atoms with Gasteiger partial charge >= 0.3 is 0 Å². The molecule has 0 aromatic heterocycles. The molecule has 0 aromatic carbocycles. The average molecular weight is 228 g/mol. The maximum absolute atomic E-state index is 12.1. The molecule has 16 heavy (non-hydrogen) atoms. The number of carbonyl (C=O) groups excluding carboxylic acids is 1. The first-order chi connectivity index (χ1) is 7.51. The molecule has 1 rings (SSSR count). The molecule has 94 valence electrons. The number of nitrogens with one attached hydrogen (secondary N) is 1. The fourth-order valence-electron chi connectivity index (χ4n) is 2.04. The number of carbonyl (C=O) groups is 1. The highest BCUT2D eigenvalue weighted by atomic mass is 16.5. The van der Waals surface area contributed by atoms with E-state index in [0.717, 1.165) is 32.5 Å². The predicted octanol–water partition coefficient (Wildman–Crippen LogP) is 0.869. The molecule has 0 aliphatic carbocycles. The van der Waals surface area contributed by atoms with Gasteiger partial charge in [0.25, 0.3) is 0 Å². The number of rotatable bonds is 4. The van der Waals surface area contributed by atoms with Crippen LogP contribution >= 0.6 is 0 Å². The van der Waals surface area contributed by atoms with E-state index >= 15 is 0 Å². The summed E-state index contributed by atoms with van der Waals surface area (Å²) in [5.74, 6) is 0.817. The van der Waals surface area contributed by atoms with E-state index < -0.39 is 5.54 Å². The highest BCUT2D eigenvalue weighted by Crippen LogP contribution is 2.19. The lowest BCUT2D eigenvalue weighted by atomic mass is 9.95. The second-order valence-corrected chi connectivity index (χ2v) is 5.07. The lowest BCUT2D eigenvalue weighted by molar-refractivity contribution is -0.138. The van der Waals surface area contributed by atoms with Crippen molar-refractivity contribution in [1.82, 2.24) is 10.2 Å². The van der Waals surface area contributed by atoms with Crippen molar-refractivity contribution in [1.29, 1.82) is 0 Å². The molecule has 0 unspecified atom stereocenters. The third-order valence-corrected chi connectivity index (χ3v) is 3.46. The summed E-state index contributed by atoms with van der Waals surface area (Å²) in [5.41, 5.74) is -0.450. The summed E-state index contributed by atoms with van der Waals surface area (Å²) in [6, 6.07) is 0. The zero-order chi connectivity index (χ0) is 12.2. The van der Waals surface area contributed by atoms with Crippen LogP contribution < -0.4 is 5.32 Å². The molecule has 1 heterocycles. The number of likely N-dealkylation sites (tertiary alicyclic amines) is 1. The number of nitrogens with zero attached hydrogens (tertiary/aromatic N) is 1. The van der Waals surface area contributed by atoms with Gasteiger partial charge < -0.3 is 15.0 Å². The Hall–Kier alpha value is -0.610. The summed E-state index contributed by atoms with van der Waals surface area (Å²) in [4.78, 5) is 14.1. The van der Waals surface area contributed by atoms with Crippen LogP contribution in [-0.4, -0.2) is 50.2 Å². The molecule has 1 amide bonds. The first-order valence-corrected chi connectivity index (χ1v) is 5.98. The zero-order valence-electron chi connectivity index (χ0n) is 10.9. The van der Waals surface area contributed by atoms with Crippen LogP contribution in [0.3, 0.4) is 0 Å². The molecule has 1 aliphatic rings. The van der Waals surface area contributed by atoms with E-state index in [-0.39, 0.29) is 5.91 Å². The van der Waals surface area contributed by atoms with Crippen LogP contribution in [0, 0.1) is 5.92 Å². The van der Waals surface area contributed by atoms with E-state index in [4.69, 9.17) is 4.74 Å². The fourth-order valence-corrected chi connectivity index (χ4v) is 2.04. The number of amides is 1. The Balaban J connectivity index is 2.45. The molecule has 1 N–H and O–H groups in total. The van der Waals surface area contributed by atoms with Crippen LogP contribution in [0.25, 0.3) is 0 Å². The van der Waals surface area contributed by atoms with Crippen molar-refractivity contribution in [3.63, 3.8) is 0 Å². The maximum atomic E-state index is 12.1. The molecular weight excluding hydrogens is 204 g/mol. The molecule has 1 saturated heterocycles. The highest BCUT2D eigenvalue weighted by Gasteiger charge is 2.32. The van der Waals surface area contributed by atoms with E-state index in [1.165, 1.54) is 0 Å². The number of hydrogen-bond donors (Lipinski definition) is 1. The summed E-state index contributed by atoms with van der Waals surface area (Å²) >= 11 is 0. The van der Waals surface area contributed by atoms with Crippen LogP contribution in [-0.2, 0) is 9.53 Å². The van der Waals surface area contributed by atoms with Crippen molar-refractivity contribution in [3.8, 4) is 0 Å². The summed E-state index contributed by atoms with van der Waals surface area (Å²) in [6.07, 6.45) is 2.11. The lowest BCUT2D eigenvalue weighted by Gasteiger charge is -2.36. The average Bonchev–Trinajstić information content (AvgIpc) is 2.29. The Morgan fingerprint density at radius 3 is 2.44 bits per heavy atom. The van der Waals surface area contributed by atoms with Crippen LogP contribution in [0.5, 0.6) is 0 Å². The molecule has 1 aliphatic heterocycles. The molecule has 4 heteroatoms. The molecule has 0 radical (unpaired) electrons. The highest BCUT2D eigenvalue weighted by molar-refractivity contribution is 5.85. The number of likely N-dealkylation sites (N-methyl/N-ethyl adjacent to an activating group) is 1. The first kappa shape index (κ1) is 13.5. The Kier molecular flexibility index (Phi) is 4.74. The number of ether oxygens (including phenoxy) is 1. The monoisotopic (exact) mass is 228 g/mol. The quantitative estimate of drug-likeness (QED) is 0.776. The minimum absolute atomic E-state index is 0.200. The second kappa shape index (κ2) is 5.64. The van der Waals surface area contributed by atoms with Gasteiger partial charge in [0.1, 0.15) is 0 Å². The minimum atomic E-state index is -0.450. The molecule has 0 saturated carbocycles. The SMILES string of the molecule is CNC(C)(C)C(=O)N1CCC(COC)CC1. The van der Waals surface area contributed by atoms with Gasteiger partial charge in [0, 0.05) is 26.8 Å². The number of hydrogen-bond acceptors (Lipinski definition) is 3. The van der Waals surface area contributed by atoms with Gasteiger partial charge in [-0.15, -0.1) is 0 Å². The van der Waals surface area contributed by atoms with Gasteiger partial charge in [-0.1, -0.05) is 0 Å². The zero-order valence-corrected chi connectivity index (χ0v) is 10.9. The van der Waals surface area contributed by atoms with E-state index in [0.29, 0.717) is 5.92 Å². The summed E-state index contributed by atoms with van der Waals surface area (Å²) in [6.45, 7) is 6.39. The third-order valence-electron chi connectivity index (χ3n) is 3.46. The van der Waals surface area contributed by atoms with Crippen LogP contribution in [0.2, 0.25) is 0 Å². The van der Waals surface area contributed by atoms with Crippen molar-refractivity contribution >= 4 is 5.91 Å². The lowest BCUT2D eigenvalue weighted by Crippen LogP contribution is -2.54. The topological polar surface area (TPSA) is 41.6 Å². The standard InChI is InChI=1S/C12H24N2O2/c1-12(2,13-3)11(15)14-7-5-10(6-8-14)9-16-4/h10,13H,5-9H2,1-4H3. The molecular formula is C12H24N2O2. The molecule has 0 atom stereocenters. The van der Waals surface area contributed by atoms with Crippen molar-refractivity contribution in [3.05, 3.63) is 0 Å².